The van der Waals surface area contributed by atoms with Crippen molar-refractivity contribution in [3.8, 4) is 11.5 Å². The first-order valence-corrected chi connectivity index (χ1v) is 8.22. The number of fused-ring (bicyclic) bond motifs is 1. The summed E-state index contributed by atoms with van der Waals surface area (Å²) in [4.78, 5) is 12.1. The Kier molecular flexibility index (Phi) is 5.21. The van der Waals surface area contributed by atoms with Gasteiger partial charge in [-0.05, 0) is 31.0 Å². The highest BCUT2D eigenvalue weighted by molar-refractivity contribution is 5.74. The second kappa shape index (κ2) is 7.73. The van der Waals surface area contributed by atoms with Crippen LogP contribution in [0.1, 0.15) is 18.1 Å². The number of nitrogens with one attached hydrogen (secondary N) is 2. The maximum atomic E-state index is 12.1. The Labute approximate surface area is 142 Å². The maximum Gasteiger partial charge on any atom is 0.315 e. The van der Waals surface area contributed by atoms with Crippen LogP contribution in [0.4, 0.5) is 4.79 Å². The van der Waals surface area contributed by atoms with E-state index in [0.29, 0.717) is 19.8 Å². The van der Waals surface area contributed by atoms with Gasteiger partial charge in [0.1, 0.15) is 18.1 Å². The van der Waals surface area contributed by atoms with E-state index < -0.39 is 0 Å². The normalized spacial score (nSPS) is 15.8. The first-order valence-electron chi connectivity index (χ1n) is 8.22. The van der Waals surface area contributed by atoms with Crippen molar-refractivity contribution in [1.82, 2.24) is 10.6 Å². The monoisotopic (exact) mass is 326 g/mol. The molecule has 0 saturated carbocycles. The Balaban J connectivity index is 1.52. The van der Waals surface area contributed by atoms with Gasteiger partial charge in [-0.25, -0.2) is 4.79 Å². The molecule has 2 N–H and O–H groups in total. The van der Waals surface area contributed by atoms with Crippen LogP contribution in [0.3, 0.4) is 0 Å². The SMILES string of the molecule is CCOc1ccccc1CNC(=O)N[C@@H]1COc2ccccc2C1. The highest BCUT2D eigenvalue weighted by Gasteiger charge is 2.20. The number of hydrogen-bond donors (Lipinski definition) is 2. The Morgan fingerprint density at radius 2 is 2.00 bits per heavy atom. The largest absolute Gasteiger partial charge is 0.494 e. The number of carbonyl (C=O) groups excluding carboxylic acids is 1. The van der Waals surface area contributed by atoms with Crippen LogP contribution in [0.15, 0.2) is 48.5 Å². The van der Waals surface area contributed by atoms with Gasteiger partial charge in [0.05, 0.1) is 12.6 Å². The van der Waals surface area contributed by atoms with Gasteiger partial charge in [0.25, 0.3) is 0 Å². The number of hydrogen-bond acceptors (Lipinski definition) is 3. The van der Waals surface area contributed by atoms with E-state index in [0.717, 1.165) is 29.0 Å². The Morgan fingerprint density at radius 3 is 2.88 bits per heavy atom. The second-order valence-corrected chi connectivity index (χ2v) is 5.69. The molecule has 1 atom stereocenters. The van der Waals surface area contributed by atoms with Crippen LogP contribution < -0.4 is 20.1 Å². The van der Waals surface area contributed by atoms with Crippen LogP contribution in [-0.4, -0.2) is 25.3 Å². The smallest absolute Gasteiger partial charge is 0.315 e. The Hall–Kier alpha value is -2.69. The predicted molar refractivity (Wildman–Crippen MR) is 92.4 cm³/mol. The summed E-state index contributed by atoms with van der Waals surface area (Å²) in [6.45, 7) is 3.45. The molecule has 3 rings (SSSR count). The topological polar surface area (TPSA) is 59.6 Å². The third kappa shape index (κ3) is 3.98. The molecule has 0 fully saturated rings. The number of rotatable bonds is 5. The van der Waals surface area contributed by atoms with E-state index >= 15 is 0 Å². The zero-order chi connectivity index (χ0) is 16.8. The third-order valence-corrected chi connectivity index (χ3v) is 3.93. The fourth-order valence-corrected chi connectivity index (χ4v) is 2.78. The van der Waals surface area contributed by atoms with Gasteiger partial charge in [-0.3, -0.25) is 0 Å². The van der Waals surface area contributed by atoms with Gasteiger partial charge in [-0.1, -0.05) is 36.4 Å². The summed E-state index contributed by atoms with van der Waals surface area (Å²) in [5.41, 5.74) is 2.08. The van der Waals surface area contributed by atoms with Gasteiger partial charge >= 0.3 is 6.03 Å². The van der Waals surface area contributed by atoms with E-state index in [1.165, 1.54) is 0 Å². The summed E-state index contributed by atoms with van der Waals surface area (Å²) in [6.07, 6.45) is 0.777. The molecule has 1 aliphatic heterocycles. The lowest BCUT2D eigenvalue weighted by Crippen LogP contribution is -2.47. The molecular weight excluding hydrogens is 304 g/mol. The number of ether oxygens (including phenoxy) is 2. The minimum Gasteiger partial charge on any atom is -0.494 e. The Bertz CT molecular complexity index is 703. The van der Waals surface area contributed by atoms with Crippen molar-refractivity contribution in [2.45, 2.75) is 25.9 Å². The number of amides is 2. The molecular formula is C19H22N2O3. The summed E-state index contributed by atoms with van der Waals surface area (Å²) >= 11 is 0. The highest BCUT2D eigenvalue weighted by atomic mass is 16.5. The van der Waals surface area contributed by atoms with Gasteiger partial charge in [0, 0.05) is 12.1 Å². The lowest BCUT2D eigenvalue weighted by Gasteiger charge is -2.26. The molecule has 0 radical (unpaired) electrons. The Morgan fingerprint density at radius 1 is 1.21 bits per heavy atom. The summed E-state index contributed by atoms with van der Waals surface area (Å²) < 4.78 is 11.3. The number of urea groups is 1. The molecule has 1 aliphatic rings. The molecule has 0 bridgehead atoms. The molecule has 5 heteroatoms. The molecule has 2 amide bonds. The molecule has 0 spiro atoms. The van der Waals surface area contributed by atoms with Gasteiger partial charge in [0.2, 0.25) is 0 Å². The van der Waals surface area contributed by atoms with Crippen LogP contribution in [-0.2, 0) is 13.0 Å². The maximum absolute atomic E-state index is 12.1. The highest BCUT2D eigenvalue weighted by Crippen LogP contribution is 2.23. The average molecular weight is 326 g/mol. The molecule has 0 saturated heterocycles. The first-order chi connectivity index (χ1) is 11.8. The van der Waals surface area contributed by atoms with Crippen LogP contribution in [0.2, 0.25) is 0 Å². The first kappa shape index (κ1) is 16.2. The van der Waals surface area contributed by atoms with Crippen molar-refractivity contribution in [2.75, 3.05) is 13.2 Å². The molecule has 0 aliphatic carbocycles. The lowest BCUT2D eigenvalue weighted by molar-refractivity contribution is 0.214. The van der Waals surface area contributed by atoms with Gasteiger partial charge in [0.15, 0.2) is 0 Å². The van der Waals surface area contributed by atoms with Crippen LogP contribution in [0, 0.1) is 0 Å². The molecule has 24 heavy (non-hydrogen) atoms. The zero-order valence-electron chi connectivity index (χ0n) is 13.7. The van der Waals surface area contributed by atoms with Crippen molar-refractivity contribution in [2.24, 2.45) is 0 Å². The standard InChI is InChI=1S/C19H22N2O3/c1-2-23-18-10-6-4-8-15(18)12-20-19(22)21-16-11-14-7-3-5-9-17(14)24-13-16/h3-10,16H,2,11-13H2,1H3,(H2,20,21,22)/t16-/m0/s1. The number of benzene rings is 2. The van der Waals surface area contributed by atoms with Crippen LogP contribution in [0.25, 0.3) is 0 Å². The second-order valence-electron chi connectivity index (χ2n) is 5.69. The molecule has 1 heterocycles. The molecule has 0 aromatic heterocycles. The van der Waals surface area contributed by atoms with Crippen LogP contribution >= 0.6 is 0 Å². The predicted octanol–water partition coefficient (Wildman–Crippen LogP) is 2.89. The molecule has 0 unspecified atom stereocenters. The number of carbonyl (C=O) groups is 1. The van der Waals surface area contributed by atoms with E-state index in [1.807, 2.05) is 55.5 Å². The van der Waals surface area contributed by atoms with Crippen molar-refractivity contribution >= 4 is 6.03 Å². The van der Waals surface area contributed by atoms with Gasteiger partial charge in [-0.15, -0.1) is 0 Å². The van der Waals surface area contributed by atoms with E-state index in [9.17, 15) is 4.79 Å². The quantitative estimate of drug-likeness (QED) is 0.888. The van der Waals surface area contributed by atoms with Crippen molar-refractivity contribution in [3.05, 3.63) is 59.7 Å². The number of para-hydroxylation sites is 2. The van der Waals surface area contributed by atoms with Crippen molar-refractivity contribution in [1.29, 1.82) is 0 Å². The van der Waals surface area contributed by atoms with Crippen molar-refractivity contribution < 1.29 is 14.3 Å². The summed E-state index contributed by atoms with van der Waals surface area (Å²) in [7, 11) is 0. The van der Waals surface area contributed by atoms with E-state index in [2.05, 4.69) is 10.6 Å². The van der Waals surface area contributed by atoms with E-state index in [4.69, 9.17) is 9.47 Å². The molecule has 126 valence electrons. The molecule has 2 aromatic rings. The minimum atomic E-state index is -0.200. The van der Waals surface area contributed by atoms with Crippen LogP contribution in [0.5, 0.6) is 11.5 Å². The lowest BCUT2D eigenvalue weighted by atomic mass is 10.0. The van der Waals surface area contributed by atoms with Gasteiger partial charge in [-0.2, -0.15) is 0 Å². The van der Waals surface area contributed by atoms with Gasteiger partial charge < -0.3 is 20.1 Å². The minimum absolute atomic E-state index is 0.0259. The average Bonchev–Trinajstić information content (AvgIpc) is 2.61. The third-order valence-electron chi connectivity index (χ3n) is 3.93. The molecule has 5 nitrogen and oxygen atoms in total. The van der Waals surface area contributed by atoms with E-state index in [-0.39, 0.29) is 12.1 Å². The fraction of sp³-hybridized carbons (Fsp3) is 0.316. The van der Waals surface area contributed by atoms with Crippen molar-refractivity contribution in [3.63, 3.8) is 0 Å². The summed E-state index contributed by atoms with van der Waals surface area (Å²) in [5, 5.41) is 5.85. The molecule has 2 aromatic carbocycles. The summed E-state index contributed by atoms with van der Waals surface area (Å²) in [5.74, 6) is 1.71. The zero-order valence-corrected chi connectivity index (χ0v) is 13.7. The fourth-order valence-electron chi connectivity index (χ4n) is 2.78. The van der Waals surface area contributed by atoms with E-state index in [1.54, 1.807) is 0 Å². The summed E-state index contributed by atoms with van der Waals surface area (Å²) in [6, 6.07) is 15.4.